The molecule has 5 heteroatoms. The number of aliphatic hydroxyl groups is 1. The third-order valence-electron chi connectivity index (χ3n) is 4.42. The SMILES string of the molecule is CC[C@H](C)[C@@H](CO)NC(=O)[C@@H]1CC(=O)N(c2ccccc2)C1. The molecule has 1 heterocycles. The Kier molecular flexibility index (Phi) is 5.55. The molecule has 0 unspecified atom stereocenters. The van der Waals surface area contributed by atoms with E-state index in [9.17, 15) is 14.7 Å². The number of benzene rings is 1. The van der Waals surface area contributed by atoms with Gasteiger partial charge in [-0.1, -0.05) is 38.5 Å². The van der Waals surface area contributed by atoms with Crippen LogP contribution in [0.1, 0.15) is 26.7 Å². The fourth-order valence-corrected chi connectivity index (χ4v) is 2.69. The predicted molar refractivity (Wildman–Crippen MR) is 85.4 cm³/mol. The molecule has 3 atom stereocenters. The minimum absolute atomic E-state index is 0.0320. The number of carbonyl (C=O) groups excluding carboxylic acids is 2. The number of carbonyl (C=O) groups is 2. The zero-order valence-corrected chi connectivity index (χ0v) is 13.2. The Hall–Kier alpha value is -1.88. The molecule has 120 valence electrons. The zero-order chi connectivity index (χ0) is 16.1. The quantitative estimate of drug-likeness (QED) is 0.838. The number of rotatable bonds is 6. The van der Waals surface area contributed by atoms with Gasteiger partial charge in [-0.2, -0.15) is 0 Å². The van der Waals surface area contributed by atoms with Crippen LogP contribution in [0.25, 0.3) is 0 Å². The first kappa shape index (κ1) is 16.5. The minimum Gasteiger partial charge on any atom is -0.394 e. The van der Waals surface area contributed by atoms with Crippen LogP contribution in [0, 0.1) is 11.8 Å². The van der Waals surface area contributed by atoms with Gasteiger partial charge in [0.25, 0.3) is 0 Å². The van der Waals surface area contributed by atoms with Gasteiger partial charge in [-0.3, -0.25) is 9.59 Å². The molecule has 1 aliphatic rings. The summed E-state index contributed by atoms with van der Waals surface area (Å²) < 4.78 is 0. The molecule has 22 heavy (non-hydrogen) atoms. The first-order chi connectivity index (χ1) is 10.6. The van der Waals surface area contributed by atoms with Crippen LogP contribution in [0.2, 0.25) is 0 Å². The van der Waals surface area contributed by atoms with Gasteiger partial charge in [0.2, 0.25) is 11.8 Å². The summed E-state index contributed by atoms with van der Waals surface area (Å²) in [5, 5.41) is 12.3. The van der Waals surface area contributed by atoms with E-state index in [1.807, 2.05) is 44.2 Å². The van der Waals surface area contributed by atoms with Crippen LogP contribution in [0.5, 0.6) is 0 Å². The van der Waals surface area contributed by atoms with Gasteiger partial charge in [0.05, 0.1) is 18.6 Å². The van der Waals surface area contributed by atoms with Crippen molar-refractivity contribution >= 4 is 17.5 Å². The zero-order valence-electron chi connectivity index (χ0n) is 13.2. The molecular formula is C17H24N2O3. The molecule has 1 saturated heterocycles. The van der Waals surface area contributed by atoms with Gasteiger partial charge in [0.15, 0.2) is 0 Å². The standard InChI is InChI=1S/C17H24N2O3/c1-3-12(2)15(11-20)18-17(22)13-9-16(21)19(10-13)14-7-5-4-6-8-14/h4-8,12-13,15,20H,3,9-11H2,1-2H3,(H,18,22)/t12-,13+,15+/m0/s1. The normalized spacial score (nSPS) is 20.8. The van der Waals surface area contributed by atoms with Crippen LogP contribution >= 0.6 is 0 Å². The molecule has 0 spiro atoms. The maximum absolute atomic E-state index is 12.4. The molecule has 1 fully saturated rings. The van der Waals surface area contributed by atoms with E-state index in [2.05, 4.69) is 5.32 Å². The van der Waals surface area contributed by atoms with Crippen LogP contribution in [0.3, 0.4) is 0 Å². The first-order valence-corrected chi connectivity index (χ1v) is 7.83. The van der Waals surface area contributed by atoms with Gasteiger partial charge in [0.1, 0.15) is 0 Å². The minimum atomic E-state index is -0.356. The molecule has 1 aliphatic heterocycles. The van der Waals surface area contributed by atoms with Crippen molar-refractivity contribution in [3.8, 4) is 0 Å². The summed E-state index contributed by atoms with van der Waals surface area (Å²) >= 11 is 0. The molecule has 5 nitrogen and oxygen atoms in total. The summed E-state index contributed by atoms with van der Waals surface area (Å²) in [4.78, 5) is 26.1. The average Bonchev–Trinajstić information content (AvgIpc) is 2.94. The molecule has 1 aromatic carbocycles. The van der Waals surface area contributed by atoms with Crippen molar-refractivity contribution in [1.82, 2.24) is 5.32 Å². The smallest absolute Gasteiger partial charge is 0.227 e. The number of para-hydroxylation sites is 1. The summed E-state index contributed by atoms with van der Waals surface area (Å²) in [6, 6.07) is 9.13. The molecule has 0 bridgehead atoms. The predicted octanol–water partition coefficient (Wildman–Crippen LogP) is 1.56. The van der Waals surface area contributed by atoms with Crippen molar-refractivity contribution in [2.45, 2.75) is 32.7 Å². The lowest BCUT2D eigenvalue weighted by atomic mass is 9.98. The van der Waals surface area contributed by atoms with E-state index in [0.29, 0.717) is 6.54 Å². The highest BCUT2D eigenvalue weighted by Gasteiger charge is 2.36. The Morgan fingerprint density at radius 1 is 1.41 bits per heavy atom. The summed E-state index contributed by atoms with van der Waals surface area (Å²) in [6.45, 7) is 4.34. The lowest BCUT2D eigenvalue weighted by molar-refractivity contribution is -0.127. The van der Waals surface area contributed by atoms with Gasteiger partial charge in [-0.05, 0) is 18.1 Å². The van der Waals surface area contributed by atoms with Crippen molar-refractivity contribution in [2.75, 3.05) is 18.1 Å². The average molecular weight is 304 g/mol. The number of hydrogen-bond acceptors (Lipinski definition) is 3. The molecule has 1 aromatic rings. The second kappa shape index (κ2) is 7.40. The highest BCUT2D eigenvalue weighted by molar-refractivity contribution is 6.00. The summed E-state index contributed by atoms with van der Waals surface area (Å²) in [6.07, 6.45) is 1.10. The van der Waals surface area contributed by atoms with Gasteiger partial charge in [-0.25, -0.2) is 0 Å². The number of amides is 2. The topological polar surface area (TPSA) is 69.6 Å². The van der Waals surface area contributed by atoms with E-state index >= 15 is 0 Å². The second-order valence-electron chi connectivity index (χ2n) is 5.92. The van der Waals surface area contributed by atoms with E-state index in [1.54, 1.807) is 4.90 Å². The highest BCUT2D eigenvalue weighted by atomic mass is 16.3. The maximum atomic E-state index is 12.4. The molecule has 2 amide bonds. The largest absolute Gasteiger partial charge is 0.394 e. The fraction of sp³-hybridized carbons (Fsp3) is 0.529. The number of nitrogens with one attached hydrogen (secondary N) is 1. The van der Waals surface area contributed by atoms with E-state index in [1.165, 1.54) is 0 Å². The number of anilines is 1. The Morgan fingerprint density at radius 2 is 2.09 bits per heavy atom. The van der Waals surface area contributed by atoms with E-state index in [0.717, 1.165) is 12.1 Å². The lowest BCUT2D eigenvalue weighted by Gasteiger charge is -2.24. The van der Waals surface area contributed by atoms with Crippen LogP contribution in [-0.4, -0.2) is 36.1 Å². The molecular weight excluding hydrogens is 280 g/mol. The van der Waals surface area contributed by atoms with Crippen LogP contribution in [0.4, 0.5) is 5.69 Å². The number of aliphatic hydroxyl groups excluding tert-OH is 1. The maximum Gasteiger partial charge on any atom is 0.227 e. The molecule has 0 radical (unpaired) electrons. The summed E-state index contributed by atoms with van der Waals surface area (Å²) in [5.41, 5.74) is 0.823. The molecule has 0 aliphatic carbocycles. The van der Waals surface area contributed by atoms with Crippen LogP contribution in [0.15, 0.2) is 30.3 Å². The third kappa shape index (κ3) is 3.65. The van der Waals surface area contributed by atoms with Gasteiger partial charge in [-0.15, -0.1) is 0 Å². The third-order valence-corrected chi connectivity index (χ3v) is 4.42. The Labute approximate surface area is 131 Å². The van der Waals surface area contributed by atoms with Crippen LogP contribution < -0.4 is 10.2 Å². The molecule has 0 aromatic heterocycles. The molecule has 0 saturated carbocycles. The summed E-state index contributed by atoms with van der Waals surface area (Å²) in [5.74, 6) is -0.330. The highest BCUT2D eigenvalue weighted by Crippen LogP contribution is 2.25. The molecule has 2 N–H and O–H groups in total. The van der Waals surface area contributed by atoms with Crippen molar-refractivity contribution < 1.29 is 14.7 Å². The number of nitrogens with zero attached hydrogens (tertiary/aromatic N) is 1. The Balaban J connectivity index is 1.99. The first-order valence-electron chi connectivity index (χ1n) is 7.83. The monoisotopic (exact) mass is 304 g/mol. The van der Waals surface area contributed by atoms with Crippen molar-refractivity contribution in [2.24, 2.45) is 11.8 Å². The lowest BCUT2D eigenvalue weighted by Crippen LogP contribution is -2.45. The van der Waals surface area contributed by atoms with Gasteiger partial charge >= 0.3 is 0 Å². The second-order valence-corrected chi connectivity index (χ2v) is 5.92. The van der Waals surface area contributed by atoms with E-state index in [-0.39, 0.29) is 42.7 Å². The van der Waals surface area contributed by atoms with Crippen molar-refractivity contribution in [3.05, 3.63) is 30.3 Å². The van der Waals surface area contributed by atoms with Gasteiger partial charge < -0.3 is 15.3 Å². The Morgan fingerprint density at radius 3 is 2.68 bits per heavy atom. The Bertz CT molecular complexity index is 518. The fourth-order valence-electron chi connectivity index (χ4n) is 2.69. The van der Waals surface area contributed by atoms with Crippen LogP contribution in [-0.2, 0) is 9.59 Å². The van der Waals surface area contributed by atoms with Gasteiger partial charge in [0, 0.05) is 18.7 Å². The summed E-state index contributed by atoms with van der Waals surface area (Å²) in [7, 11) is 0. The van der Waals surface area contributed by atoms with Crippen molar-refractivity contribution in [1.29, 1.82) is 0 Å². The number of hydrogen-bond donors (Lipinski definition) is 2. The van der Waals surface area contributed by atoms with E-state index < -0.39 is 0 Å². The van der Waals surface area contributed by atoms with Crippen molar-refractivity contribution in [3.63, 3.8) is 0 Å². The van der Waals surface area contributed by atoms with E-state index in [4.69, 9.17) is 0 Å². The molecule has 2 rings (SSSR count).